The molecular formula is C22H18F3NO3. The maximum Gasteiger partial charge on any atom is 0.417 e. The van der Waals surface area contributed by atoms with E-state index in [-0.39, 0.29) is 13.0 Å². The van der Waals surface area contributed by atoms with Crippen LogP contribution in [-0.4, -0.2) is 16.1 Å². The van der Waals surface area contributed by atoms with E-state index in [2.05, 4.69) is 4.98 Å². The van der Waals surface area contributed by atoms with E-state index in [1.807, 2.05) is 24.3 Å². The van der Waals surface area contributed by atoms with E-state index < -0.39 is 17.7 Å². The van der Waals surface area contributed by atoms with Crippen LogP contribution >= 0.6 is 0 Å². The van der Waals surface area contributed by atoms with E-state index in [0.717, 1.165) is 23.4 Å². The van der Waals surface area contributed by atoms with Crippen molar-refractivity contribution in [1.82, 2.24) is 4.98 Å². The van der Waals surface area contributed by atoms with Gasteiger partial charge in [-0.1, -0.05) is 30.3 Å². The molecule has 3 rings (SSSR count). The molecule has 4 nitrogen and oxygen atoms in total. The van der Waals surface area contributed by atoms with E-state index in [1.54, 1.807) is 24.3 Å². The molecule has 0 bridgehead atoms. The van der Waals surface area contributed by atoms with Gasteiger partial charge in [0.15, 0.2) is 0 Å². The van der Waals surface area contributed by atoms with E-state index in [4.69, 9.17) is 9.84 Å². The summed E-state index contributed by atoms with van der Waals surface area (Å²) in [5.74, 6) is -0.199. The van der Waals surface area contributed by atoms with Gasteiger partial charge in [-0.3, -0.25) is 9.78 Å². The van der Waals surface area contributed by atoms with E-state index in [0.29, 0.717) is 23.4 Å². The molecule has 0 spiro atoms. The van der Waals surface area contributed by atoms with Crippen molar-refractivity contribution < 1.29 is 27.8 Å². The Hall–Kier alpha value is -3.35. The third kappa shape index (κ3) is 5.81. The number of carboxylic acid groups (broad SMARTS) is 1. The van der Waals surface area contributed by atoms with Gasteiger partial charge in [0.1, 0.15) is 12.4 Å². The topological polar surface area (TPSA) is 59.4 Å². The number of halogens is 3. The number of aryl methyl sites for hydroxylation is 1. The first-order valence-electron chi connectivity index (χ1n) is 8.87. The van der Waals surface area contributed by atoms with Gasteiger partial charge in [0, 0.05) is 18.2 Å². The number of alkyl halides is 3. The largest absolute Gasteiger partial charge is 0.489 e. The maximum atomic E-state index is 12.7. The molecule has 0 aliphatic heterocycles. The molecule has 0 radical (unpaired) electrons. The van der Waals surface area contributed by atoms with Crippen molar-refractivity contribution in [2.24, 2.45) is 0 Å². The molecule has 0 atom stereocenters. The number of ether oxygens (including phenoxy) is 1. The Labute approximate surface area is 165 Å². The third-order valence-corrected chi connectivity index (χ3v) is 4.27. The average Bonchev–Trinajstić information content (AvgIpc) is 2.71. The minimum Gasteiger partial charge on any atom is -0.489 e. The molecule has 0 aliphatic rings. The number of carbonyl (C=O) groups is 1. The van der Waals surface area contributed by atoms with Crippen LogP contribution in [0.2, 0.25) is 0 Å². The Balaban J connectivity index is 1.63. The monoisotopic (exact) mass is 401 g/mol. The highest BCUT2D eigenvalue weighted by Crippen LogP contribution is 2.30. The first-order valence-corrected chi connectivity index (χ1v) is 8.87. The van der Waals surface area contributed by atoms with Gasteiger partial charge in [0.05, 0.1) is 11.3 Å². The second-order valence-corrected chi connectivity index (χ2v) is 6.46. The SMILES string of the molecule is O=C(O)CCc1ccc(OCc2cccc(-c3ccc(C(F)(F)F)cn3)c2)cc1. The number of benzene rings is 2. The molecule has 3 aromatic rings. The van der Waals surface area contributed by atoms with Crippen LogP contribution in [0.5, 0.6) is 5.75 Å². The summed E-state index contributed by atoms with van der Waals surface area (Å²) < 4.78 is 43.7. The molecular weight excluding hydrogens is 383 g/mol. The average molecular weight is 401 g/mol. The zero-order chi connectivity index (χ0) is 20.9. The number of aliphatic carboxylic acids is 1. The second kappa shape index (κ2) is 8.77. The number of rotatable bonds is 7. The number of hydrogen-bond donors (Lipinski definition) is 1. The second-order valence-electron chi connectivity index (χ2n) is 6.46. The van der Waals surface area contributed by atoms with Gasteiger partial charge >= 0.3 is 12.1 Å². The van der Waals surface area contributed by atoms with E-state index >= 15 is 0 Å². The fourth-order valence-corrected chi connectivity index (χ4v) is 2.72. The number of aromatic nitrogens is 1. The predicted molar refractivity (Wildman–Crippen MR) is 101 cm³/mol. The van der Waals surface area contributed by atoms with Crippen molar-refractivity contribution in [3.05, 3.63) is 83.6 Å². The fraction of sp³-hybridized carbons (Fsp3) is 0.182. The number of hydrogen-bond acceptors (Lipinski definition) is 3. The van der Waals surface area contributed by atoms with Crippen LogP contribution < -0.4 is 4.74 Å². The Morgan fingerprint density at radius 2 is 1.76 bits per heavy atom. The smallest absolute Gasteiger partial charge is 0.417 e. The molecule has 2 aromatic carbocycles. The summed E-state index contributed by atoms with van der Waals surface area (Å²) in [4.78, 5) is 14.5. The standard InChI is InChI=1S/C22H18F3NO3/c23-22(24,25)18-7-10-20(26-13-18)17-3-1-2-16(12-17)14-29-19-8-4-15(5-9-19)6-11-21(27)28/h1-5,7-10,12-13H,6,11,14H2,(H,27,28). The zero-order valence-electron chi connectivity index (χ0n) is 15.3. The quantitative estimate of drug-likeness (QED) is 0.579. The predicted octanol–water partition coefficient (Wildman–Crippen LogP) is 5.36. The van der Waals surface area contributed by atoms with Gasteiger partial charge in [-0.25, -0.2) is 0 Å². The molecule has 0 aliphatic carbocycles. The summed E-state index contributed by atoms with van der Waals surface area (Å²) in [6, 6.07) is 16.8. The number of carboxylic acids is 1. The highest BCUT2D eigenvalue weighted by atomic mass is 19.4. The highest BCUT2D eigenvalue weighted by Gasteiger charge is 2.30. The van der Waals surface area contributed by atoms with Crippen molar-refractivity contribution in [3.63, 3.8) is 0 Å². The van der Waals surface area contributed by atoms with Gasteiger partial charge in [0.2, 0.25) is 0 Å². The third-order valence-electron chi connectivity index (χ3n) is 4.27. The van der Waals surface area contributed by atoms with Crippen molar-refractivity contribution in [1.29, 1.82) is 0 Å². The lowest BCUT2D eigenvalue weighted by molar-refractivity contribution is -0.138. The minimum atomic E-state index is -4.41. The van der Waals surface area contributed by atoms with Crippen molar-refractivity contribution >= 4 is 5.97 Å². The summed E-state index contributed by atoms with van der Waals surface area (Å²) in [6.07, 6.45) is -3.06. The van der Waals surface area contributed by atoms with Crippen LogP contribution in [-0.2, 0) is 24.0 Å². The van der Waals surface area contributed by atoms with Gasteiger partial charge in [-0.2, -0.15) is 13.2 Å². The van der Waals surface area contributed by atoms with E-state index in [9.17, 15) is 18.0 Å². The number of pyridine rings is 1. The summed E-state index contributed by atoms with van der Waals surface area (Å²) in [5.41, 5.74) is 2.12. The molecule has 0 amide bonds. The molecule has 0 fully saturated rings. The first-order chi connectivity index (χ1) is 13.8. The van der Waals surface area contributed by atoms with Gasteiger partial charge in [0.25, 0.3) is 0 Å². The lowest BCUT2D eigenvalue weighted by atomic mass is 10.1. The molecule has 1 aromatic heterocycles. The van der Waals surface area contributed by atoms with Crippen molar-refractivity contribution in [2.75, 3.05) is 0 Å². The summed E-state index contributed by atoms with van der Waals surface area (Å²) in [7, 11) is 0. The Morgan fingerprint density at radius 3 is 2.38 bits per heavy atom. The summed E-state index contributed by atoms with van der Waals surface area (Å²) in [5, 5.41) is 8.71. The molecule has 0 saturated heterocycles. The molecule has 29 heavy (non-hydrogen) atoms. The van der Waals surface area contributed by atoms with Gasteiger partial charge in [-0.05, 0) is 47.9 Å². The summed E-state index contributed by atoms with van der Waals surface area (Å²) in [6.45, 7) is 0.281. The molecule has 150 valence electrons. The Bertz CT molecular complexity index is 968. The fourth-order valence-electron chi connectivity index (χ4n) is 2.72. The molecule has 0 unspecified atom stereocenters. The minimum absolute atomic E-state index is 0.0744. The Morgan fingerprint density at radius 1 is 1.00 bits per heavy atom. The van der Waals surface area contributed by atoms with Crippen LogP contribution in [0.3, 0.4) is 0 Å². The summed E-state index contributed by atoms with van der Waals surface area (Å²) >= 11 is 0. The number of nitrogens with zero attached hydrogens (tertiary/aromatic N) is 1. The lowest BCUT2D eigenvalue weighted by Crippen LogP contribution is -2.05. The molecule has 1 N–H and O–H groups in total. The zero-order valence-corrected chi connectivity index (χ0v) is 15.3. The highest BCUT2D eigenvalue weighted by molar-refractivity contribution is 5.67. The van der Waals surface area contributed by atoms with Crippen LogP contribution in [0.15, 0.2) is 66.9 Å². The van der Waals surface area contributed by atoms with Crippen LogP contribution in [0.25, 0.3) is 11.3 Å². The molecule has 7 heteroatoms. The lowest BCUT2D eigenvalue weighted by Gasteiger charge is -2.10. The van der Waals surface area contributed by atoms with Crippen LogP contribution in [0.1, 0.15) is 23.1 Å². The van der Waals surface area contributed by atoms with E-state index in [1.165, 1.54) is 6.07 Å². The molecule has 1 heterocycles. The maximum absolute atomic E-state index is 12.7. The first kappa shape index (κ1) is 20.4. The van der Waals surface area contributed by atoms with Crippen LogP contribution in [0.4, 0.5) is 13.2 Å². The Kier molecular flexibility index (Phi) is 6.16. The van der Waals surface area contributed by atoms with Gasteiger partial charge < -0.3 is 9.84 Å². The van der Waals surface area contributed by atoms with Crippen LogP contribution in [0, 0.1) is 0 Å². The normalized spacial score (nSPS) is 11.3. The molecule has 0 saturated carbocycles. The van der Waals surface area contributed by atoms with Gasteiger partial charge in [-0.15, -0.1) is 0 Å². The van der Waals surface area contributed by atoms with Crippen molar-refractivity contribution in [3.8, 4) is 17.0 Å². The van der Waals surface area contributed by atoms with Crippen molar-refractivity contribution in [2.45, 2.75) is 25.6 Å².